The Balaban J connectivity index is 2.42. The van der Waals surface area contributed by atoms with Gasteiger partial charge in [0, 0.05) is 19.8 Å². The van der Waals surface area contributed by atoms with E-state index in [1.54, 1.807) is 0 Å². The maximum absolute atomic E-state index is 5.66. The highest BCUT2D eigenvalue weighted by molar-refractivity contribution is 5.88. The highest BCUT2D eigenvalue weighted by atomic mass is 16.5. The van der Waals surface area contributed by atoms with Crippen LogP contribution in [0.25, 0.3) is 0 Å². The Morgan fingerprint density at radius 2 is 2.21 bits per heavy atom. The lowest BCUT2D eigenvalue weighted by Gasteiger charge is -2.21. The largest absolute Gasteiger partial charge is 0.483 e. The summed E-state index contributed by atoms with van der Waals surface area (Å²) in [5.41, 5.74) is 7.18. The average Bonchev–Trinajstić information content (AvgIpc) is 2.16. The molecule has 4 nitrogen and oxygen atoms in total. The zero-order valence-electron chi connectivity index (χ0n) is 8.32. The Labute approximate surface area is 83.0 Å². The van der Waals surface area contributed by atoms with Crippen molar-refractivity contribution in [3.05, 3.63) is 18.2 Å². The number of amidine groups is 1. The van der Waals surface area contributed by atoms with E-state index in [0.717, 1.165) is 17.3 Å². The molecule has 74 valence electrons. The van der Waals surface area contributed by atoms with E-state index in [0.29, 0.717) is 12.3 Å². The molecule has 0 spiro atoms. The molecule has 0 saturated heterocycles. The van der Waals surface area contributed by atoms with Crippen molar-refractivity contribution in [3.8, 4) is 5.75 Å². The van der Waals surface area contributed by atoms with Crippen LogP contribution in [0.4, 0.5) is 11.4 Å². The number of benzene rings is 1. The van der Waals surface area contributed by atoms with Gasteiger partial charge in [0.25, 0.3) is 0 Å². The molecule has 0 aromatic heterocycles. The molecule has 0 bridgehead atoms. The quantitative estimate of drug-likeness (QED) is 0.628. The van der Waals surface area contributed by atoms with Gasteiger partial charge in [0.1, 0.15) is 23.9 Å². The van der Waals surface area contributed by atoms with Gasteiger partial charge >= 0.3 is 0 Å². The first-order valence-electron chi connectivity index (χ1n) is 4.44. The second-order valence-corrected chi connectivity index (χ2v) is 3.44. The van der Waals surface area contributed by atoms with Gasteiger partial charge in [-0.25, -0.2) is 4.99 Å². The van der Waals surface area contributed by atoms with Crippen LogP contribution >= 0.6 is 0 Å². The number of aliphatic imine (C=N–C) groups is 1. The molecule has 1 aliphatic heterocycles. The minimum Gasteiger partial charge on any atom is -0.483 e. The number of ether oxygens (including phenoxy) is 1. The van der Waals surface area contributed by atoms with Gasteiger partial charge in [-0.15, -0.1) is 0 Å². The Morgan fingerprint density at radius 3 is 2.93 bits per heavy atom. The standard InChI is InChI=1S/C10H13N3O/c1-13(2)10-6-14-9-4-3-7(11)5-8(9)12-10/h3-5H,6,11H2,1-2H3. The molecule has 1 aliphatic rings. The van der Waals surface area contributed by atoms with Crippen molar-refractivity contribution in [1.82, 2.24) is 4.90 Å². The molecular formula is C10H13N3O. The number of nitrogens with zero attached hydrogens (tertiary/aromatic N) is 2. The van der Waals surface area contributed by atoms with Crippen molar-refractivity contribution < 1.29 is 4.74 Å². The van der Waals surface area contributed by atoms with Crippen LogP contribution in [0.2, 0.25) is 0 Å². The summed E-state index contributed by atoms with van der Waals surface area (Å²) in [6.45, 7) is 0.518. The first-order chi connectivity index (χ1) is 6.66. The molecule has 0 radical (unpaired) electrons. The van der Waals surface area contributed by atoms with E-state index in [9.17, 15) is 0 Å². The van der Waals surface area contributed by atoms with Crippen LogP contribution < -0.4 is 10.5 Å². The molecule has 14 heavy (non-hydrogen) atoms. The maximum atomic E-state index is 5.66. The molecule has 0 atom stereocenters. The number of rotatable bonds is 0. The molecule has 1 heterocycles. The van der Waals surface area contributed by atoms with Crippen molar-refractivity contribution >= 4 is 17.2 Å². The fraction of sp³-hybridized carbons (Fsp3) is 0.300. The Morgan fingerprint density at radius 1 is 1.43 bits per heavy atom. The van der Waals surface area contributed by atoms with Crippen LogP contribution in [0.15, 0.2) is 23.2 Å². The third-order valence-corrected chi connectivity index (χ3v) is 2.11. The van der Waals surface area contributed by atoms with E-state index in [1.807, 2.05) is 37.2 Å². The average molecular weight is 191 g/mol. The number of hydrogen-bond donors (Lipinski definition) is 1. The smallest absolute Gasteiger partial charge is 0.146 e. The Hall–Kier alpha value is -1.71. The van der Waals surface area contributed by atoms with Crippen molar-refractivity contribution in [2.24, 2.45) is 4.99 Å². The predicted octanol–water partition coefficient (Wildman–Crippen LogP) is 1.25. The Kier molecular flexibility index (Phi) is 2.04. The normalized spacial score (nSPS) is 14.0. The SMILES string of the molecule is CN(C)C1=Nc2cc(N)ccc2OC1. The van der Waals surface area contributed by atoms with Crippen molar-refractivity contribution in [2.75, 3.05) is 26.4 Å². The van der Waals surface area contributed by atoms with E-state index in [-0.39, 0.29) is 0 Å². The molecule has 1 aromatic rings. The van der Waals surface area contributed by atoms with Gasteiger partial charge in [-0.05, 0) is 18.2 Å². The van der Waals surface area contributed by atoms with Crippen LogP contribution in [-0.2, 0) is 0 Å². The van der Waals surface area contributed by atoms with Gasteiger partial charge in [-0.2, -0.15) is 0 Å². The van der Waals surface area contributed by atoms with Crippen molar-refractivity contribution in [2.45, 2.75) is 0 Å². The summed E-state index contributed by atoms with van der Waals surface area (Å²) < 4.78 is 5.52. The van der Waals surface area contributed by atoms with Gasteiger partial charge in [-0.3, -0.25) is 0 Å². The summed E-state index contributed by atoms with van der Waals surface area (Å²) in [7, 11) is 3.89. The summed E-state index contributed by atoms with van der Waals surface area (Å²) in [4.78, 5) is 6.38. The van der Waals surface area contributed by atoms with Gasteiger partial charge in [0.2, 0.25) is 0 Å². The highest BCUT2D eigenvalue weighted by Gasteiger charge is 2.13. The highest BCUT2D eigenvalue weighted by Crippen LogP contribution is 2.32. The van der Waals surface area contributed by atoms with E-state index < -0.39 is 0 Å². The topological polar surface area (TPSA) is 50.8 Å². The fourth-order valence-electron chi connectivity index (χ4n) is 1.29. The van der Waals surface area contributed by atoms with Gasteiger partial charge in [-0.1, -0.05) is 0 Å². The second-order valence-electron chi connectivity index (χ2n) is 3.44. The molecule has 1 aromatic carbocycles. The zero-order chi connectivity index (χ0) is 10.1. The molecule has 0 unspecified atom stereocenters. The Bertz CT molecular complexity index is 385. The van der Waals surface area contributed by atoms with Gasteiger partial charge in [0.15, 0.2) is 0 Å². The third kappa shape index (κ3) is 1.51. The lowest BCUT2D eigenvalue weighted by atomic mass is 10.2. The van der Waals surface area contributed by atoms with E-state index in [4.69, 9.17) is 10.5 Å². The molecule has 2 rings (SSSR count). The summed E-state index contributed by atoms with van der Waals surface area (Å²) >= 11 is 0. The lowest BCUT2D eigenvalue weighted by Crippen LogP contribution is -2.29. The minimum atomic E-state index is 0.518. The molecule has 0 amide bonds. The van der Waals surface area contributed by atoms with Crippen LogP contribution in [0.5, 0.6) is 5.75 Å². The van der Waals surface area contributed by atoms with Crippen molar-refractivity contribution in [3.63, 3.8) is 0 Å². The number of likely N-dealkylation sites (N-methyl/N-ethyl adjacent to an activating group) is 1. The molecule has 0 aliphatic carbocycles. The summed E-state index contributed by atoms with van der Waals surface area (Å²) in [6, 6.07) is 5.48. The first-order valence-corrected chi connectivity index (χ1v) is 4.44. The number of hydrogen-bond acceptors (Lipinski definition) is 4. The second kappa shape index (κ2) is 3.21. The maximum Gasteiger partial charge on any atom is 0.146 e. The van der Waals surface area contributed by atoms with Crippen molar-refractivity contribution in [1.29, 1.82) is 0 Å². The van der Waals surface area contributed by atoms with E-state index >= 15 is 0 Å². The van der Waals surface area contributed by atoms with Crippen LogP contribution in [0, 0.1) is 0 Å². The van der Waals surface area contributed by atoms with Gasteiger partial charge in [0.05, 0.1) is 0 Å². The lowest BCUT2D eigenvalue weighted by molar-refractivity contribution is 0.354. The summed E-state index contributed by atoms with van der Waals surface area (Å²) in [6.07, 6.45) is 0. The van der Waals surface area contributed by atoms with Crippen LogP contribution in [-0.4, -0.2) is 31.4 Å². The molecule has 2 N–H and O–H groups in total. The minimum absolute atomic E-state index is 0.518. The third-order valence-electron chi connectivity index (χ3n) is 2.11. The summed E-state index contributed by atoms with van der Waals surface area (Å²) in [5.74, 6) is 1.70. The van der Waals surface area contributed by atoms with E-state index in [1.165, 1.54) is 0 Å². The molecular weight excluding hydrogens is 178 g/mol. The number of anilines is 1. The zero-order valence-corrected chi connectivity index (χ0v) is 8.32. The van der Waals surface area contributed by atoms with Gasteiger partial charge < -0.3 is 15.4 Å². The number of nitrogens with two attached hydrogens (primary N) is 1. The van der Waals surface area contributed by atoms with E-state index in [2.05, 4.69) is 4.99 Å². The molecule has 4 heteroatoms. The summed E-state index contributed by atoms with van der Waals surface area (Å²) in [5, 5.41) is 0. The molecule has 0 saturated carbocycles. The predicted molar refractivity (Wildman–Crippen MR) is 57.1 cm³/mol. The number of fused-ring (bicyclic) bond motifs is 1. The van der Waals surface area contributed by atoms with Crippen LogP contribution in [0.3, 0.4) is 0 Å². The fourth-order valence-corrected chi connectivity index (χ4v) is 1.29. The number of nitrogen functional groups attached to an aromatic ring is 1. The first kappa shape index (κ1) is 8.87. The molecule has 0 fully saturated rings. The van der Waals surface area contributed by atoms with Crippen LogP contribution in [0.1, 0.15) is 0 Å². The monoisotopic (exact) mass is 191 g/mol.